The molecule has 1 saturated heterocycles. The molecule has 0 spiro atoms. The molecule has 1 aliphatic carbocycles. The van der Waals surface area contributed by atoms with Gasteiger partial charge < -0.3 is 19.5 Å². The Kier molecular flexibility index (Phi) is 10.2. The van der Waals surface area contributed by atoms with Crippen LogP contribution in [-0.2, 0) is 22.3 Å². The van der Waals surface area contributed by atoms with Crippen LogP contribution >= 0.6 is 0 Å². The van der Waals surface area contributed by atoms with Crippen LogP contribution in [-0.4, -0.2) is 89.2 Å². The first kappa shape index (κ1) is 38.9. The fourth-order valence-electron chi connectivity index (χ4n) is 7.18. The predicted octanol–water partition coefficient (Wildman–Crippen LogP) is 4.80. The van der Waals surface area contributed by atoms with Crippen molar-refractivity contribution in [2.75, 3.05) is 30.4 Å². The molecule has 19 heteroatoms. The van der Waals surface area contributed by atoms with Gasteiger partial charge in [-0.1, -0.05) is 18.2 Å². The zero-order valence-electron chi connectivity index (χ0n) is 32.0. The van der Waals surface area contributed by atoms with Crippen LogP contribution in [0, 0.1) is 12.1 Å². The number of hydrogen-bond donors (Lipinski definition) is 2. The average molecular weight is 808 g/mol. The molecule has 8 rings (SSSR count). The topological polar surface area (TPSA) is 190 Å². The minimum absolute atomic E-state index is 0.00519. The molecule has 16 nitrogen and oxygen atoms in total. The number of piperidine rings is 1. The molecule has 3 aliphatic rings. The molecule has 1 atom stereocenters. The van der Waals surface area contributed by atoms with E-state index in [0.717, 1.165) is 29.6 Å². The van der Waals surface area contributed by atoms with E-state index in [-0.39, 0.29) is 73.2 Å². The summed E-state index contributed by atoms with van der Waals surface area (Å²) < 4.78 is 47.9. The molecule has 1 saturated carbocycles. The number of carbonyl (C=O) groups is 4. The zero-order valence-corrected chi connectivity index (χ0v) is 32.0. The molecule has 2 fully saturated rings. The summed E-state index contributed by atoms with van der Waals surface area (Å²) in [6.45, 7) is 4.08. The Morgan fingerprint density at radius 2 is 1.76 bits per heavy atom. The Labute approximate surface area is 335 Å². The first-order valence-corrected chi connectivity index (χ1v) is 18.8. The number of halogens is 3. The third kappa shape index (κ3) is 7.60. The van der Waals surface area contributed by atoms with Crippen molar-refractivity contribution in [1.29, 1.82) is 0 Å². The minimum atomic E-state index is -4.62. The first-order valence-electron chi connectivity index (χ1n) is 18.8. The van der Waals surface area contributed by atoms with Gasteiger partial charge in [-0.05, 0) is 57.4 Å². The Hall–Kier alpha value is -6.97. The predicted molar refractivity (Wildman–Crippen MR) is 203 cm³/mol. The van der Waals surface area contributed by atoms with Crippen LogP contribution < -0.4 is 20.3 Å². The Balaban J connectivity index is 1.08. The van der Waals surface area contributed by atoms with Crippen LogP contribution in [0.1, 0.15) is 89.2 Å². The Morgan fingerprint density at radius 3 is 2.46 bits per heavy atom. The largest absolute Gasteiger partial charge is 0.480 e. The number of alkyl halides is 3. The molecule has 3 aromatic heterocycles. The van der Waals surface area contributed by atoms with Crippen LogP contribution in [0.15, 0.2) is 49.2 Å². The number of nitrogens with one attached hydrogen (secondary N) is 2. The van der Waals surface area contributed by atoms with E-state index >= 15 is 0 Å². The molecular weight excluding hydrogens is 772 g/mol. The van der Waals surface area contributed by atoms with Crippen LogP contribution in [0.5, 0.6) is 5.88 Å². The number of anilines is 2. The lowest BCUT2D eigenvalue weighted by molar-refractivity contribution is -0.141. The van der Waals surface area contributed by atoms with Gasteiger partial charge in [0, 0.05) is 48.9 Å². The van der Waals surface area contributed by atoms with E-state index in [4.69, 9.17) is 9.72 Å². The lowest BCUT2D eigenvalue weighted by Gasteiger charge is -2.27. The summed E-state index contributed by atoms with van der Waals surface area (Å²) in [5, 5.41) is 5.46. The molecule has 302 valence electrons. The number of carbonyl (C=O) groups excluding carboxylic acids is 4. The third-order valence-electron chi connectivity index (χ3n) is 10.2. The summed E-state index contributed by atoms with van der Waals surface area (Å²) in [6.07, 6.45) is 1.07. The van der Waals surface area contributed by atoms with Crippen molar-refractivity contribution in [1.82, 2.24) is 44.7 Å². The normalized spacial score (nSPS) is 16.6. The number of fused-ring (bicyclic) bond motifs is 1. The molecule has 2 aliphatic heterocycles. The van der Waals surface area contributed by atoms with Crippen molar-refractivity contribution >= 4 is 35.3 Å². The highest BCUT2D eigenvalue weighted by Gasteiger charge is 2.45. The van der Waals surface area contributed by atoms with Crippen molar-refractivity contribution < 1.29 is 37.1 Å². The van der Waals surface area contributed by atoms with Gasteiger partial charge in [-0.25, -0.2) is 24.9 Å². The van der Waals surface area contributed by atoms with Gasteiger partial charge in [0.2, 0.25) is 23.6 Å². The van der Waals surface area contributed by atoms with E-state index in [1.54, 1.807) is 38.1 Å². The van der Waals surface area contributed by atoms with Crippen molar-refractivity contribution in [2.24, 2.45) is 0 Å². The summed E-state index contributed by atoms with van der Waals surface area (Å²) in [4.78, 5) is 80.7. The summed E-state index contributed by atoms with van der Waals surface area (Å²) in [5.41, 5.74) is 1.80. The maximum atomic E-state index is 13.7. The van der Waals surface area contributed by atoms with Crippen LogP contribution in [0.2, 0.25) is 0 Å². The van der Waals surface area contributed by atoms with Crippen molar-refractivity contribution in [3.05, 3.63) is 89.4 Å². The average Bonchev–Trinajstić information content (AvgIpc) is 3.90. The standard InChI is InChI=1S/C40H36F3N11O5/c1-21(2)53-18-28(40(41,42)43)49-34(53)24-9-7-22(8-10-24)17-52(39-48-20-46-33(51-39)31-32(23-11-12-23)45-19-47-36(31)59-3)16-15-44-26-6-4-5-25-30(26)38(58)54(37(25)57)27-13-14-29(55)50-35(27)56/h4-7,9,18-21,23,27,44H,11-17H2,1-3H3,(H,50,55,56). The monoisotopic (exact) mass is 807 g/mol. The van der Waals surface area contributed by atoms with E-state index in [2.05, 4.69) is 47.7 Å². The van der Waals surface area contributed by atoms with Gasteiger partial charge in [-0.2, -0.15) is 18.2 Å². The summed E-state index contributed by atoms with van der Waals surface area (Å²) >= 11 is 0. The zero-order chi connectivity index (χ0) is 41.6. The number of ether oxygens (including phenoxy) is 1. The number of hydrogen-bond acceptors (Lipinski definition) is 13. The second kappa shape index (κ2) is 15.4. The van der Waals surface area contributed by atoms with Crippen LogP contribution in [0.25, 0.3) is 22.8 Å². The molecule has 0 bridgehead atoms. The number of methoxy groups -OCH3 is 1. The minimum Gasteiger partial charge on any atom is -0.480 e. The summed E-state index contributed by atoms with van der Waals surface area (Å²) in [5.74, 6) is -1.31. The highest BCUT2D eigenvalue weighted by atomic mass is 19.4. The van der Waals surface area contributed by atoms with Crippen molar-refractivity contribution in [2.45, 2.75) is 70.3 Å². The molecule has 59 heavy (non-hydrogen) atoms. The van der Waals surface area contributed by atoms with E-state index in [1.807, 2.05) is 4.90 Å². The maximum absolute atomic E-state index is 13.7. The number of benzene rings is 1. The van der Waals surface area contributed by atoms with Gasteiger partial charge in [0.05, 0.1) is 36.0 Å². The highest BCUT2D eigenvalue weighted by molar-refractivity contribution is 6.25. The molecule has 4 amide bonds. The van der Waals surface area contributed by atoms with Gasteiger partial charge in [-0.15, -0.1) is 0 Å². The molecule has 1 unspecified atom stereocenters. The second-order valence-electron chi connectivity index (χ2n) is 14.5. The number of imide groups is 2. The van der Waals surface area contributed by atoms with E-state index in [9.17, 15) is 32.3 Å². The van der Waals surface area contributed by atoms with Crippen LogP contribution in [0.3, 0.4) is 0 Å². The van der Waals surface area contributed by atoms with Crippen molar-refractivity contribution in [3.8, 4) is 28.7 Å². The number of rotatable bonds is 13. The summed E-state index contributed by atoms with van der Waals surface area (Å²) in [7, 11) is 1.50. The quantitative estimate of drug-likeness (QED) is 0.155. The molecule has 2 aromatic carbocycles. The van der Waals surface area contributed by atoms with E-state index in [0.29, 0.717) is 28.3 Å². The number of nitrogens with zero attached hydrogens (tertiary/aromatic N) is 9. The molecule has 5 heterocycles. The molecule has 5 aromatic rings. The number of amides is 4. The van der Waals surface area contributed by atoms with Gasteiger partial charge >= 0.3 is 6.18 Å². The maximum Gasteiger partial charge on any atom is 0.434 e. The number of aromatic nitrogens is 7. The fourth-order valence-corrected chi connectivity index (χ4v) is 7.18. The highest BCUT2D eigenvalue weighted by Crippen LogP contribution is 2.45. The van der Waals surface area contributed by atoms with E-state index < -0.39 is 41.5 Å². The van der Waals surface area contributed by atoms with Crippen LogP contribution in [0.4, 0.5) is 24.8 Å². The molecular formula is C40H36F3N11O5. The SMILES string of the molecule is COc1ncnc(C2CC2)c1-c1ncnc(N(CCNc2cccc3c2C(=O)N(C2CCC(=O)NC2=O)C3=O)Cc2c#cc(-c3nc(C(F)(F)F)cn3C(C)C)cc2)n1. The van der Waals surface area contributed by atoms with Gasteiger partial charge in [0.1, 0.15) is 30.1 Å². The Morgan fingerprint density at radius 1 is 0.966 bits per heavy atom. The van der Waals surface area contributed by atoms with Gasteiger partial charge in [0.25, 0.3) is 11.8 Å². The lowest BCUT2D eigenvalue weighted by atomic mass is 10.0. The summed E-state index contributed by atoms with van der Waals surface area (Å²) in [6, 6.07) is 12.7. The van der Waals surface area contributed by atoms with Crippen molar-refractivity contribution in [3.63, 3.8) is 0 Å². The first-order chi connectivity index (χ1) is 28.3. The van der Waals surface area contributed by atoms with E-state index in [1.165, 1.54) is 30.4 Å². The molecule has 2 N–H and O–H groups in total. The fraction of sp³-hybridized carbons (Fsp3) is 0.350. The third-order valence-corrected chi connectivity index (χ3v) is 10.2. The number of imidazole rings is 1. The molecule has 0 radical (unpaired) electrons. The smallest absolute Gasteiger partial charge is 0.434 e. The Bertz CT molecular complexity index is 2470. The van der Waals surface area contributed by atoms with Gasteiger partial charge in [0.15, 0.2) is 11.5 Å². The second-order valence-corrected chi connectivity index (χ2v) is 14.5. The van der Waals surface area contributed by atoms with Gasteiger partial charge in [-0.3, -0.25) is 29.4 Å². The lowest BCUT2D eigenvalue weighted by Crippen LogP contribution is -2.54.